The molecule has 0 spiro atoms. The molecule has 2 amide bonds. The summed E-state index contributed by atoms with van der Waals surface area (Å²) in [5, 5.41) is 3.03. The molecule has 2 aromatic carbocycles. The van der Waals surface area contributed by atoms with Crippen molar-refractivity contribution >= 4 is 23.2 Å². The first kappa shape index (κ1) is 20.7. The molecule has 0 saturated carbocycles. The van der Waals surface area contributed by atoms with Crippen LogP contribution in [0.2, 0.25) is 0 Å². The number of nitrogens with one attached hydrogen (secondary N) is 1. The number of benzene rings is 2. The maximum Gasteiger partial charge on any atom is 0.229 e. The highest BCUT2D eigenvalue weighted by molar-refractivity contribution is 6.03. The Labute approximate surface area is 171 Å². The van der Waals surface area contributed by atoms with Gasteiger partial charge in [-0.25, -0.2) is 0 Å². The Bertz CT molecular complexity index is 917. The van der Waals surface area contributed by atoms with Crippen LogP contribution < -0.4 is 19.7 Å². The van der Waals surface area contributed by atoms with Crippen molar-refractivity contribution in [2.24, 2.45) is 5.92 Å². The summed E-state index contributed by atoms with van der Waals surface area (Å²) in [4.78, 5) is 27.1. The number of nitrogens with zero attached hydrogens (tertiary/aromatic N) is 1. The van der Waals surface area contributed by atoms with Gasteiger partial charge in [-0.15, -0.1) is 0 Å². The first-order chi connectivity index (χ1) is 13.7. The minimum atomic E-state index is -0.413. The fourth-order valence-electron chi connectivity index (χ4n) is 3.61. The van der Waals surface area contributed by atoms with Crippen LogP contribution in [0.25, 0.3) is 0 Å². The fourth-order valence-corrected chi connectivity index (χ4v) is 3.61. The normalized spacial score (nSPS) is 16.7. The molecule has 1 fully saturated rings. The van der Waals surface area contributed by atoms with Crippen LogP contribution >= 0.6 is 0 Å². The van der Waals surface area contributed by atoms with Gasteiger partial charge in [0.05, 0.1) is 20.1 Å². The molecular formula is C23H28N2O4. The highest BCUT2D eigenvalue weighted by atomic mass is 16.5. The zero-order valence-electron chi connectivity index (χ0n) is 17.6. The predicted molar refractivity (Wildman–Crippen MR) is 114 cm³/mol. The van der Waals surface area contributed by atoms with E-state index in [0.717, 1.165) is 11.3 Å². The van der Waals surface area contributed by atoms with Gasteiger partial charge in [-0.3, -0.25) is 9.59 Å². The van der Waals surface area contributed by atoms with Crippen molar-refractivity contribution in [2.75, 3.05) is 31.0 Å². The topological polar surface area (TPSA) is 67.9 Å². The molecule has 0 radical (unpaired) electrons. The van der Waals surface area contributed by atoms with Crippen LogP contribution in [-0.2, 0) is 15.0 Å². The van der Waals surface area contributed by atoms with Gasteiger partial charge in [0.25, 0.3) is 0 Å². The molecule has 1 heterocycles. The summed E-state index contributed by atoms with van der Waals surface area (Å²) in [7, 11) is 3.12. The lowest BCUT2D eigenvalue weighted by atomic mass is 9.85. The maximum atomic E-state index is 12.9. The average Bonchev–Trinajstić information content (AvgIpc) is 3.09. The molecule has 0 aliphatic carbocycles. The van der Waals surface area contributed by atoms with Crippen LogP contribution in [0, 0.1) is 5.92 Å². The SMILES string of the molecule is COc1ccc(N2CC(C(=O)Nc3ccccc3C(C)(C)C)CC2=O)cc1OC. The van der Waals surface area contributed by atoms with Gasteiger partial charge in [-0.1, -0.05) is 39.0 Å². The van der Waals surface area contributed by atoms with Gasteiger partial charge in [-0.05, 0) is 29.2 Å². The van der Waals surface area contributed by atoms with Gasteiger partial charge in [0, 0.05) is 30.4 Å². The predicted octanol–water partition coefficient (Wildman–Crippen LogP) is 3.99. The van der Waals surface area contributed by atoms with Crippen molar-refractivity contribution in [2.45, 2.75) is 32.6 Å². The molecule has 1 atom stereocenters. The summed E-state index contributed by atoms with van der Waals surface area (Å²) in [6.45, 7) is 6.65. The Balaban J connectivity index is 1.77. The van der Waals surface area contributed by atoms with Crippen LogP contribution in [0.4, 0.5) is 11.4 Å². The maximum absolute atomic E-state index is 12.9. The van der Waals surface area contributed by atoms with E-state index in [1.54, 1.807) is 37.3 Å². The molecule has 2 aromatic rings. The molecule has 3 rings (SSSR count). The van der Waals surface area contributed by atoms with E-state index in [2.05, 4.69) is 26.1 Å². The largest absolute Gasteiger partial charge is 0.493 e. The van der Waals surface area contributed by atoms with Crippen LogP contribution in [0.15, 0.2) is 42.5 Å². The van der Waals surface area contributed by atoms with Crippen molar-refractivity contribution in [3.05, 3.63) is 48.0 Å². The number of anilines is 2. The number of hydrogen-bond donors (Lipinski definition) is 1. The summed E-state index contributed by atoms with van der Waals surface area (Å²) < 4.78 is 10.6. The number of carbonyl (C=O) groups is 2. The molecular weight excluding hydrogens is 368 g/mol. The number of carbonyl (C=O) groups excluding carboxylic acids is 2. The monoisotopic (exact) mass is 396 g/mol. The molecule has 1 saturated heterocycles. The van der Waals surface area contributed by atoms with E-state index in [9.17, 15) is 9.59 Å². The molecule has 1 unspecified atom stereocenters. The summed E-state index contributed by atoms with van der Waals surface area (Å²) in [5.41, 5.74) is 2.45. The number of amides is 2. The fraction of sp³-hybridized carbons (Fsp3) is 0.391. The Morgan fingerprint density at radius 2 is 1.76 bits per heavy atom. The van der Waals surface area contributed by atoms with Gasteiger partial charge in [0.2, 0.25) is 11.8 Å². The summed E-state index contributed by atoms with van der Waals surface area (Å²) in [6.07, 6.45) is 0.178. The van der Waals surface area contributed by atoms with E-state index in [4.69, 9.17) is 9.47 Å². The standard InChI is InChI=1S/C23H28N2O4/c1-23(2,3)17-8-6-7-9-18(17)24-22(27)15-12-21(26)25(14-15)16-10-11-19(28-4)20(13-16)29-5/h6-11,13,15H,12,14H2,1-5H3,(H,24,27). The smallest absolute Gasteiger partial charge is 0.229 e. The molecule has 0 bridgehead atoms. The van der Waals surface area contributed by atoms with E-state index in [1.165, 1.54) is 0 Å². The van der Waals surface area contributed by atoms with E-state index in [-0.39, 0.29) is 23.7 Å². The first-order valence-electron chi connectivity index (χ1n) is 9.67. The number of ether oxygens (including phenoxy) is 2. The quantitative estimate of drug-likeness (QED) is 0.830. The molecule has 29 heavy (non-hydrogen) atoms. The summed E-state index contributed by atoms with van der Waals surface area (Å²) in [6, 6.07) is 13.1. The number of para-hydroxylation sites is 1. The second-order valence-electron chi connectivity index (χ2n) is 8.23. The summed E-state index contributed by atoms with van der Waals surface area (Å²) >= 11 is 0. The zero-order valence-corrected chi connectivity index (χ0v) is 17.6. The molecule has 154 valence electrons. The highest BCUT2D eigenvalue weighted by Gasteiger charge is 2.36. The molecule has 0 aromatic heterocycles. The van der Waals surface area contributed by atoms with E-state index < -0.39 is 5.92 Å². The van der Waals surface area contributed by atoms with Crippen molar-refractivity contribution in [3.8, 4) is 11.5 Å². The third-order valence-corrected chi connectivity index (χ3v) is 5.17. The molecule has 6 nitrogen and oxygen atoms in total. The summed E-state index contributed by atoms with van der Waals surface area (Å²) in [5.74, 6) is 0.504. The van der Waals surface area contributed by atoms with Gasteiger partial charge in [-0.2, -0.15) is 0 Å². The third-order valence-electron chi connectivity index (χ3n) is 5.17. The third kappa shape index (κ3) is 4.36. The van der Waals surface area contributed by atoms with Crippen molar-refractivity contribution in [1.29, 1.82) is 0 Å². The van der Waals surface area contributed by atoms with Crippen LogP contribution in [0.1, 0.15) is 32.8 Å². The number of rotatable bonds is 5. The van der Waals surface area contributed by atoms with Gasteiger partial charge >= 0.3 is 0 Å². The second kappa shape index (κ2) is 8.15. The highest BCUT2D eigenvalue weighted by Crippen LogP contribution is 2.35. The van der Waals surface area contributed by atoms with Crippen LogP contribution in [-0.4, -0.2) is 32.6 Å². The first-order valence-corrected chi connectivity index (χ1v) is 9.67. The molecule has 1 N–H and O–H groups in total. The average molecular weight is 396 g/mol. The van der Waals surface area contributed by atoms with Crippen molar-refractivity contribution in [3.63, 3.8) is 0 Å². The van der Waals surface area contributed by atoms with Crippen LogP contribution in [0.3, 0.4) is 0 Å². The molecule has 1 aliphatic heterocycles. The minimum Gasteiger partial charge on any atom is -0.493 e. The lowest BCUT2D eigenvalue weighted by Crippen LogP contribution is -2.29. The van der Waals surface area contributed by atoms with Gasteiger partial charge in [0.1, 0.15) is 0 Å². The van der Waals surface area contributed by atoms with E-state index >= 15 is 0 Å². The molecule has 6 heteroatoms. The Kier molecular flexibility index (Phi) is 5.82. The zero-order chi connectivity index (χ0) is 21.2. The minimum absolute atomic E-state index is 0.0820. The lowest BCUT2D eigenvalue weighted by molar-refractivity contribution is -0.122. The second-order valence-corrected chi connectivity index (χ2v) is 8.23. The Morgan fingerprint density at radius 1 is 1.07 bits per heavy atom. The van der Waals surface area contributed by atoms with Crippen molar-refractivity contribution < 1.29 is 19.1 Å². The number of methoxy groups -OCH3 is 2. The van der Waals surface area contributed by atoms with Gasteiger partial charge < -0.3 is 19.7 Å². The van der Waals surface area contributed by atoms with E-state index in [1.807, 2.05) is 24.3 Å². The Hall–Kier alpha value is -3.02. The van der Waals surface area contributed by atoms with E-state index in [0.29, 0.717) is 23.7 Å². The number of hydrogen-bond acceptors (Lipinski definition) is 4. The molecule has 1 aliphatic rings. The van der Waals surface area contributed by atoms with Gasteiger partial charge in [0.15, 0.2) is 11.5 Å². The van der Waals surface area contributed by atoms with Crippen molar-refractivity contribution in [1.82, 2.24) is 0 Å². The van der Waals surface area contributed by atoms with Crippen LogP contribution in [0.5, 0.6) is 11.5 Å². The lowest BCUT2D eigenvalue weighted by Gasteiger charge is -2.23. The Morgan fingerprint density at radius 3 is 2.41 bits per heavy atom.